The summed E-state index contributed by atoms with van der Waals surface area (Å²) in [5.41, 5.74) is 0.171. The van der Waals surface area contributed by atoms with Crippen molar-refractivity contribution >= 4 is 5.91 Å². The van der Waals surface area contributed by atoms with Crippen LogP contribution in [0.5, 0.6) is 11.5 Å². The molecule has 1 rings (SSSR count). The van der Waals surface area contributed by atoms with Crippen molar-refractivity contribution in [1.82, 2.24) is 5.32 Å². The smallest absolute Gasteiger partial charge is 0.251 e. The quantitative estimate of drug-likeness (QED) is 0.820. The summed E-state index contributed by atoms with van der Waals surface area (Å²) in [6, 6.07) is 2.51. The van der Waals surface area contributed by atoms with E-state index in [4.69, 9.17) is 15.9 Å². The number of carbonyl (C=O) groups excluding carboxylic acids is 1. The number of amides is 1. The summed E-state index contributed by atoms with van der Waals surface area (Å²) in [4.78, 5) is 12.1. The molecule has 1 N–H and O–H groups in total. The SMILES string of the molecule is C#CCOc1c(F)cc(C(=O)N[C@H](C)C(C)C)cc1OC. The Hall–Kier alpha value is -2.22. The van der Waals surface area contributed by atoms with Crippen molar-refractivity contribution in [2.24, 2.45) is 5.92 Å². The first kappa shape index (κ1) is 16.8. The number of hydrogen-bond donors (Lipinski definition) is 1. The van der Waals surface area contributed by atoms with Crippen molar-refractivity contribution in [1.29, 1.82) is 0 Å². The summed E-state index contributed by atoms with van der Waals surface area (Å²) < 4.78 is 24.2. The predicted octanol–water partition coefficient (Wildman–Crippen LogP) is 2.62. The summed E-state index contributed by atoms with van der Waals surface area (Å²) in [7, 11) is 1.37. The van der Waals surface area contributed by atoms with Crippen LogP contribution >= 0.6 is 0 Å². The highest BCUT2D eigenvalue weighted by Crippen LogP contribution is 2.31. The standard InChI is InChI=1S/C16H20FNO3/c1-6-7-21-15-13(17)8-12(9-14(15)20-5)16(19)18-11(4)10(2)3/h1,8-11H,7H2,2-5H3,(H,18,19)/t11-/m1/s1. The van der Waals surface area contributed by atoms with Crippen molar-refractivity contribution in [2.45, 2.75) is 26.8 Å². The Labute approximate surface area is 124 Å². The van der Waals surface area contributed by atoms with Crippen molar-refractivity contribution in [3.05, 3.63) is 23.5 Å². The normalized spacial score (nSPS) is 11.7. The third-order valence-corrected chi connectivity index (χ3v) is 3.15. The van der Waals surface area contributed by atoms with Gasteiger partial charge in [0, 0.05) is 11.6 Å². The van der Waals surface area contributed by atoms with Crippen LogP contribution in [-0.4, -0.2) is 25.7 Å². The van der Waals surface area contributed by atoms with E-state index in [1.165, 1.54) is 13.2 Å². The summed E-state index contributed by atoms with van der Waals surface area (Å²) in [5, 5.41) is 2.80. The Morgan fingerprint density at radius 1 is 1.43 bits per heavy atom. The summed E-state index contributed by atoms with van der Waals surface area (Å²) in [6.45, 7) is 5.79. The highest BCUT2D eigenvalue weighted by molar-refractivity contribution is 5.95. The number of benzene rings is 1. The lowest BCUT2D eigenvalue weighted by atomic mass is 10.1. The second-order valence-electron chi connectivity index (χ2n) is 4.99. The molecule has 0 spiro atoms. The minimum atomic E-state index is -0.688. The maximum atomic E-state index is 14.0. The van der Waals surface area contributed by atoms with Crippen LogP contribution in [0.25, 0.3) is 0 Å². The predicted molar refractivity (Wildman–Crippen MR) is 79.0 cm³/mol. The molecule has 1 aromatic carbocycles. The van der Waals surface area contributed by atoms with Crippen molar-refractivity contribution in [3.63, 3.8) is 0 Å². The highest BCUT2D eigenvalue weighted by atomic mass is 19.1. The van der Waals surface area contributed by atoms with Gasteiger partial charge in [-0.25, -0.2) is 4.39 Å². The largest absolute Gasteiger partial charge is 0.493 e. The van der Waals surface area contributed by atoms with Gasteiger partial charge >= 0.3 is 0 Å². The molecule has 0 fully saturated rings. The van der Waals surface area contributed by atoms with E-state index in [1.54, 1.807) is 0 Å². The zero-order chi connectivity index (χ0) is 16.0. The lowest BCUT2D eigenvalue weighted by Gasteiger charge is -2.18. The van der Waals surface area contributed by atoms with Crippen molar-refractivity contribution < 1.29 is 18.7 Å². The Bertz CT molecular complexity index is 549. The van der Waals surface area contributed by atoms with Gasteiger partial charge in [-0.05, 0) is 25.0 Å². The molecule has 0 aliphatic heterocycles. The lowest BCUT2D eigenvalue weighted by molar-refractivity contribution is 0.0929. The molecule has 0 bridgehead atoms. The molecular weight excluding hydrogens is 273 g/mol. The van der Waals surface area contributed by atoms with Gasteiger partial charge in [-0.15, -0.1) is 6.42 Å². The molecule has 1 aromatic rings. The van der Waals surface area contributed by atoms with Gasteiger partial charge in [0.1, 0.15) is 6.61 Å². The highest BCUT2D eigenvalue weighted by Gasteiger charge is 2.18. The molecule has 114 valence electrons. The topological polar surface area (TPSA) is 47.6 Å². The Kier molecular flexibility index (Phi) is 6.04. The van der Waals surface area contributed by atoms with Gasteiger partial charge in [-0.1, -0.05) is 19.8 Å². The van der Waals surface area contributed by atoms with Crippen LogP contribution in [0.4, 0.5) is 4.39 Å². The van der Waals surface area contributed by atoms with Crippen LogP contribution < -0.4 is 14.8 Å². The molecule has 0 unspecified atom stereocenters. The maximum Gasteiger partial charge on any atom is 0.251 e. The van der Waals surface area contributed by atoms with Crippen LogP contribution in [0.15, 0.2) is 12.1 Å². The fourth-order valence-corrected chi connectivity index (χ4v) is 1.56. The average Bonchev–Trinajstić information content (AvgIpc) is 2.44. The minimum absolute atomic E-state index is 0.0241. The summed E-state index contributed by atoms with van der Waals surface area (Å²) >= 11 is 0. The number of nitrogens with one attached hydrogen (secondary N) is 1. The fourth-order valence-electron chi connectivity index (χ4n) is 1.56. The van der Waals surface area contributed by atoms with Gasteiger partial charge < -0.3 is 14.8 Å². The van der Waals surface area contributed by atoms with Crippen LogP contribution in [-0.2, 0) is 0 Å². The first-order valence-electron chi connectivity index (χ1n) is 6.65. The van der Waals surface area contributed by atoms with Gasteiger partial charge in [0.2, 0.25) is 0 Å². The number of hydrogen-bond acceptors (Lipinski definition) is 3. The molecule has 1 amide bonds. The molecule has 0 aliphatic rings. The summed E-state index contributed by atoms with van der Waals surface area (Å²) in [5.74, 6) is 1.51. The number of carbonyl (C=O) groups is 1. The van der Waals surface area contributed by atoms with E-state index in [0.29, 0.717) is 0 Å². The van der Waals surface area contributed by atoms with Gasteiger partial charge in [0.05, 0.1) is 7.11 Å². The number of halogens is 1. The van der Waals surface area contributed by atoms with E-state index in [2.05, 4.69) is 11.2 Å². The molecule has 0 heterocycles. The Morgan fingerprint density at radius 2 is 2.10 bits per heavy atom. The Balaban J connectivity index is 3.03. The van der Waals surface area contributed by atoms with E-state index in [0.717, 1.165) is 6.07 Å². The van der Waals surface area contributed by atoms with Crippen molar-refractivity contribution in [2.75, 3.05) is 13.7 Å². The zero-order valence-electron chi connectivity index (χ0n) is 12.7. The third-order valence-electron chi connectivity index (χ3n) is 3.15. The van der Waals surface area contributed by atoms with E-state index < -0.39 is 5.82 Å². The molecule has 0 aromatic heterocycles. The van der Waals surface area contributed by atoms with Gasteiger partial charge in [0.25, 0.3) is 5.91 Å². The molecule has 4 nitrogen and oxygen atoms in total. The average molecular weight is 293 g/mol. The molecule has 21 heavy (non-hydrogen) atoms. The van der Waals surface area contributed by atoms with E-state index in [1.807, 2.05) is 20.8 Å². The number of methoxy groups -OCH3 is 1. The molecule has 0 saturated carbocycles. The number of ether oxygens (including phenoxy) is 2. The van der Waals surface area contributed by atoms with Gasteiger partial charge in [-0.3, -0.25) is 4.79 Å². The summed E-state index contributed by atoms with van der Waals surface area (Å²) in [6.07, 6.45) is 5.08. The first-order chi connectivity index (χ1) is 9.90. The van der Waals surface area contributed by atoms with Crippen molar-refractivity contribution in [3.8, 4) is 23.8 Å². The van der Waals surface area contributed by atoms with E-state index >= 15 is 0 Å². The molecule has 0 aliphatic carbocycles. The van der Waals surface area contributed by atoms with Gasteiger partial charge in [-0.2, -0.15) is 0 Å². The third kappa shape index (κ3) is 4.38. The van der Waals surface area contributed by atoms with Crippen LogP contribution in [0, 0.1) is 24.1 Å². The minimum Gasteiger partial charge on any atom is -0.493 e. The monoisotopic (exact) mass is 293 g/mol. The Morgan fingerprint density at radius 3 is 2.62 bits per heavy atom. The van der Waals surface area contributed by atoms with Crippen LogP contribution in [0.3, 0.4) is 0 Å². The second-order valence-corrected chi connectivity index (χ2v) is 4.99. The molecule has 1 atom stereocenters. The van der Waals surface area contributed by atoms with Crippen LogP contribution in [0.2, 0.25) is 0 Å². The van der Waals surface area contributed by atoms with E-state index in [-0.39, 0.29) is 41.5 Å². The maximum absolute atomic E-state index is 14.0. The first-order valence-corrected chi connectivity index (χ1v) is 6.65. The zero-order valence-corrected chi connectivity index (χ0v) is 12.7. The van der Waals surface area contributed by atoms with Crippen LogP contribution in [0.1, 0.15) is 31.1 Å². The van der Waals surface area contributed by atoms with E-state index in [9.17, 15) is 9.18 Å². The second kappa shape index (κ2) is 7.53. The number of rotatable bonds is 6. The molecule has 0 radical (unpaired) electrons. The molecular formula is C16H20FNO3. The molecule has 0 saturated heterocycles. The fraction of sp³-hybridized carbons (Fsp3) is 0.438. The van der Waals surface area contributed by atoms with Gasteiger partial charge in [0.15, 0.2) is 17.3 Å². The number of terminal acetylenes is 1. The lowest BCUT2D eigenvalue weighted by Crippen LogP contribution is -2.36. The molecule has 5 heteroatoms.